The molecule has 5 nitrogen and oxygen atoms in total. The summed E-state index contributed by atoms with van der Waals surface area (Å²) in [5.74, 6) is 0. The summed E-state index contributed by atoms with van der Waals surface area (Å²) in [6, 6.07) is 1.64. The molecular formula is C6H5N3O2S2. The SMILES string of the molecule is NS(=O)(=O)c1ncnc2sccc12. The second-order valence-corrected chi connectivity index (χ2v) is 4.73. The Labute approximate surface area is 78.3 Å². The number of thiophene rings is 1. The van der Waals surface area contributed by atoms with Crippen LogP contribution in [0.2, 0.25) is 0 Å². The number of rotatable bonds is 1. The highest BCUT2D eigenvalue weighted by Crippen LogP contribution is 2.22. The molecule has 0 fully saturated rings. The van der Waals surface area contributed by atoms with E-state index >= 15 is 0 Å². The number of sulfonamides is 1. The minimum Gasteiger partial charge on any atom is -0.225 e. The molecule has 68 valence electrons. The van der Waals surface area contributed by atoms with E-state index < -0.39 is 10.0 Å². The molecule has 0 unspecified atom stereocenters. The molecule has 13 heavy (non-hydrogen) atoms. The van der Waals surface area contributed by atoms with Crippen molar-refractivity contribution in [3.63, 3.8) is 0 Å². The van der Waals surface area contributed by atoms with Crippen LogP contribution in [0.5, 0.6) is 0 Å². The average Bonchev–Trinajstić information content (AvgIpc) is 2.48. The fourth-order valence-corrected chi connectivity index (χ4v) is 2.46. The van der Waals surface area contributed by atoms with Crippen molar-refractivity contribution in [2.45, 2.75) is 5.03 Å². The second kappa shape index (κ2) is 2.72. The summed E-state index contributed by atoms with van der Waals surface area (Å²) < 4.78 is 22.1. The Morgan fingerprint density at radius 1 is 1.38 bits per heavy atom. The molecule has 0 saturated carbocycles. The Balaban J connectivity index is 2.91. The zero-order valence-corrected chi connectivity index (χ0v) is 7.97. The van der Waals surface area contributed by atoms with Gasteiger partial charge in [0, 0.05) is 0 Å². The number of aromatic nitrogens is 2. The number of fused-ring (bicyclic) bond motifs is 1. The zero-order chi connectivity index (χ0) is 9.47. The third-order valence-corrected chi connectivity index (χ3v) is 3.18. The minimum atomic E-state index is -3.74. The van der Waals surface area contributed by atoms with Gasteiger partial charge in [0.2, 0.25) is 0 Å². The molecule has 0 spiro atoms. The van der Waals surface area contributed by atoms with Crippen LogP contribution < -0.4 is 5.14 Å². The fraction of sp³-hybridized carbons (Fsp3) is 0. The third-order valence-electron chi connectivity index (χ3n) is 1.49. The van der Waals surface area contributed by atoms with Gasteiger partial charge in [-0.25, -0.2) is 23.5 Å². The van der Waals surface area contributed by atoms with Gasteiger partial charge in [-0.15, -0.1) is 11.3 Å². The lowest BCUT2D eigenvalue weighted by Gasteiger charge is -1.96. The van der Waals surface area contributed by atoms with Crippen LogP contribution in [-0.2, 0) is 10.0 Å². The summed E-state index contributed by atoms with van der Waals surface area (Å²) in [5, 5.41) is 7.08. The van der Waals surface area contributed by atoms with Crippen molar-refractivity contribution >= 4 is 31.6 Å². The molecule has 2 heterocycles. The van der Waals surface area contributed by atoms with Crippen molar-refractivity contribution in [1.29, 1.82) is 0 Å². The van der Waals surface area contributed by atoms with E-state index in [1.807, 2.05) is 0 Å². The number of nitrogens with zero attached hydrogens (tertiary/aromatic N) is 2. The van der Waals surface area contributed by atoms with Gasteiger partial charge in [0.1, 0.15) is 11.2 Å². The lowest BCUT2D eigenvalue weighted by atomic mass is 10.4. The molecule has 0 aromatic carbocycles. The van der Waals surface area contributed by atoms with Gasteiger partial charge in [-0.05, 0) is 11.4 Å². The lowest BCUT2D eigenvalue weighted by Crippen LogP contribution is -2.14. The highest BCUT2D eigenvalue weighted by molar-refractivity contribution is 7.89. The van der Waals surface area contributed by atoms with E-state index in [1.54, 1.807) is 11.4 Å². The van der Waals surface area contributed by atoms with E-state index in [2.05, 4.69) is 9.97 Å². The molecule has 0 aliphatic rings. The quantitative estimate of drug-likeness (QED) is 0.695. The van der Waals surface area contributed by atoms with Gasteiger partial charge in [0.25, 0.3) is 10.0 Å². The highest BCUT2D eigenvalue weighted by atomic mass is 32.2. The Morgan fingerprint density at radius 3 is 2.85 bits per heavy atom. The number of primary sulfonamides is 1. The fourth-order valence-electron chi connectivity index (χ4n) is 0.994. The normalized spacial score (nSPS) is 12.1. The van der Waals surface area contributed by atoms with Gasteiger partial charge in [-0.1, -0.05) is 0 Å². The first-order valence-corrected chi connectivity index (χ1v) is 5.72. The monoisotopic (exact) mass is 215 g/mol. The van der Waals surface area contributed by atoms with Gasteiger partial charge in [-0.2, -0.15) is 0 Å². The summed E-state index contributed by atoms with van der Waals surface area (Å²) in [5.41, 5.74) is 0. The van der Waals surface area contributed by atoms with Gasteiger partial charge in [0.05, 0.1) is 5.39 Å². The third kappa shape index (κ3) is 1.41. The van der Waals surface area contributed by atoms with Gasteiger partial charge >= 0.3 is 0 Å². The van der Waals surface area contributed by atoms with Crippen LogP contribution in [0.4, 0.5) is 0 Å². The van der Waals surface area contributed by atoms with E-state index in [1.165, 1.54) is 17.7 Å². The van der Waals surface area contributed by atoms with Crippen molar-refractivity contribution in [3.05, 3.63) is 17.8 Å². The van der Waals surface area contributed by atoms with Gasteiger partial charge in [0.15, 0.2) is 5.03 Å². The minimum absolute atomic E-state index is 0.112. The van der Waals surface area contributed by atoms with E-state index in [9.17, 15) is 8.42 Å². The van der Waals surface area contributed by atoms with Crippen molar-refractivity contribution in [2.75, 3.05) is 0 Å². The molecule has 0 saturated heterocycles. The molecule has 0 aliphatic heterocycles. The van der Waals surface area contributed by atoms with Crippen molar-refractivity contribution in [2.24, 2.45) is 5.14 Å². The second-order valence-electron chi connectivity index (χ2n) is 2.36. The Morgan fingerprint density at radius 2 is 2.15 bits per heavy atom. The van der Waals surface area contributed by atoms with E-state index in [-0.39, 0.29) is 5.03 Å². The Hall–Kier alpha value is -1.05. The molecule has 2 aromatic heterocycles. The van der Waals surface area contributed by atoms with Crippen molar-refractivity contribution in [3.8, 4) is 0 Å². The van der Waals surface area contributed by atoms with E-state index in [0.29, 0.717) is 10.2 Å². The molecule has 0 aliphatic carbocycles. The first-order valence-electron chi connectivity index (χ1n) is 3.30. The van der Waals surface area contributed by atoms with Crippen LogP contribution >= 0.6 is 11.3 Å². The smallest absolute Gasteiger partial charge is 0.225 e. The van der Waals surface area contributed by atoms with E-state index in [0.717, 1.165) is 0 Å². The van der Waals surface area contributed by atoms with Crippen LogP contribution in [-0.4, -0.2) is 18.4 Å². The lowest BCUT2D eigenvalue weighted by molar-refractivity contribution is 0.595. The predicted octanol–water partition coefficient (Wildman–Crippen LogP) is 0.339. The molecular weight excluding hydrogens is 210 g/mol. The van der Waals surface area contributed by atoms with E-state index in [4.69, 9.17) is 5.14 Å². The summed E-state index contributed by atoms with van der Waals surface area (Å²) in [7, 11) is -3.74. The number of hydrogen-bond donors (Lipinski definition) is 1. The maximum absolute atomic E-state index is 11.0. The largest absolute Gasteiger partial charge is 0.256 e. The molecule has 2 N–H and O–H groups in total. The van der Waals surface area contributed by atoms with Gasteiger partial charge in [-0.3, -0.25) is 0 Å². The van der Waals surface area contributed by atoms with Crippen LogP contribution in [0.25, 0.3) is 10.2 Å². The summed E-state index contributed by atoms with van der Waals surface area (Å²) in [6.45, 7) is 0. The summed E-state index contributed by atoms with van der Waals surface area (Å²) >= 11 is 1.35. The van der Waals surface area contributed by atoms with Crippen LogP contribution in [0.1, 0.15) is 0 Å². The zero-order valence-electron chi connectivity index (χ0n) is 6.34. The van der Waals surface area contributed by atoms with Crippen molar-refractivity contribution in [1.82, 2.24) is 9.97 Å². The highest BCUT2D eigenvalue weighted by Gasteiger charge is 2.14. The standard InChI is InChI=1S/C6H5N3O2S2/c7-13(10,11)6-4-1-2-12-5(4)8-3-9-6/h1-3H,(H2,7,10,11). The predicted molar refractivity (Wildman–Crippen MR) is 48.8 cm³/mol. The molecule has 2 rings (SSSR count). The Kier molecular flexibility index (Phi) is 1.79. The molecule has 0 radical (unpaired) electrons. The summed E-state index contributed by atoms with van der Waals surface area (Å²) in [4.78, 5) is 8.16. The van der Waals surface area contributed by atoms with Crippen LogP contribution in [0, 0.1) is 0 Å². The molecule has 0 bridgehead atoms. The average molecular weight is 215 g/mol. The van der Waals surface area contributed by atoms with Gasteiger partial charge < -0.3 is 0 Å². The number of hydrogen-bond acceptors (Lipinski definition) is 5. The molecule has 0 amide bonds. The Bertz CT molecular complexity index is 546. The topological polar surface area (TPSA) is 85.9 Å². The summed E-state index contributed by atoms with van der Waals surface area (Å²) in [6.07, 6.45) is 1.19. The molecule has 7 heteroatoms. The first kappa shape index (κ1) is 8.54. The van der Waals surface area contributed by atoms with Crippen molar-refractivity contribution < 1.29 is 8.42 Å². The van der Waals surface area contributed by atoms with Crippen LogP contribution in [0.15, 0.2) is 22.8 Å². The molecule has 2 aromatic rings. The number of nitrogens with two attached hydrogens (primary N) is 1. The maximum Gasteiger partial charge on any atom is 0.256 e. The maximum atomic E-state index is 11.0. The molecule has 0 atom stereocenters. The first-order chi connectivity index (χ1) is 6.09. The van der Waals surface area contributed by atoms with Crippen LogP contribution in [0.3, 0.4) is 0 Å².